The van der Waals surface area contributed by atoms with E-state index in [0.717, 1.165) is 30.8 Å². The van der Waals surface area contributed by atoms with Gasteiger partial charge in [0.1, 0.15) is 5.75 Å². The van der Waals surface area contributed by atoms with Gasteiger partial charge in [0.2, 0.25) is 5.89 Å². The smallest absolute Gasteiger partial charge is 0.226 e. The van der Waals surface area contributed by atoms with Crippen LogP contribution in [0, 0.1) is 0 Å². The quantitative estimate of drug-likeness (QED) is 0.911. The molecule has 5 heteroatoms. The van der Waals surface area contributed by atoms with Gasteiger partial charge in [0, 0.05) is 18.9 Å². The van der Waals surface area contributed by atoms with Crippen molar-refractivity contribution in [2.24, 2.45) is 0 Å². The van der Waals surface area contributed by atoms with E-state index in [0.29, 0.717) is 18.9 Å². The van der Waals surface area contributed by atoms with Gasteiger partial charge in [0.05, 0.1) is 6.61 Å². The summed E-state index contributed by atoms with van der Waals surface area (Å²) in [6.45, 7) is 1.46. The van der Waals surface area contributed by atoms with Gasteiger partial charge in [-0.1, -0.05) is 17.3 Å². The molecule has 1 aliphatic heterocycles. The topological polar surface area (TPSA) is 68.4 Å². The highest BCUT2D eigenvalue weighted by Gasteiger charge is 2.22. The molecule has 5 nitrogen and oxygen atoms in total. The molecular weight excluding hydrogens is 244 g/mol. The zero-order chi connectivity index (χ0) is 13.1. The Hall–Kier alpha value is -1.88. The molecular formula is C14H16N2O3. The first-order valence-corrected chi connectivity index (χ1v) is 6.49. The number of phenolic OH excluding ortho intramolecular Hbond substituents is 1. The number of aromatic nitrogens is 2. The third kappa shape index (κ3) is 2.93. The first-order valence-electron chi connectivity index (χ1n) is 6.49. The lowest BCUT2D eigenvalue weighted by Crippen LogP contribution is -2.00. The average molecular weight is 260 g/mol. The van der Waals surface area contributed by atoms with E-state index >= 15 is 0 Å². The second-order valence-electron chi connectivity index (χ2n) is 4.78. The Morgan fingerprint density at radius 3 is 3.05 bits per heavy atom. The third-order valence-corrected chi connectivity index (χ3v) is 3.32. The van der Waals surface area contributed by atoms with E-state index in [1.807, 2.05) is 12.1 Å². The molecule has 0 unspecified atom stereocenters. The monoisotopic (exact) mass is 260 g/mol. The zero-order valence-corrected chi connectivity index (χ0v) is 10.6. The summed E-state index contributed by atoms with van der Waals surface area (Å²) in [5, 5.41) is 13.4. The molecule has 0 bridgehead atoms. The van der Waals surface area contributed by atoms with Gasteiger partial charge in [-0.25, -0.2) is 0 Å². The fourth-order valence-electron chi connectivity index (χ4n) is 2.24. The Kier molecular flexibility index (Phi) is 3.46. The minimum atomic E-state index is 0.276. The molecule has 0 spiro atoms. The third-order valence-electron chi connectivity index (χ3n) is 3.32. The van der Waals surface area contributed by atoms with Crippen LogP contribution < -0.4 is 0 Å². The second-order valence-corrected chi connectivity index (χ2v) is 4.78. The van der Waals surface area contributed by atoms with Gasteiger partial charge in [-0.05, 0) is 30.5 Å². The van der Waals surface area contributed by atoms with Crippen molar-refractivity contribution in [3.8, 4) is 5.75 Å². The Labute approximate surface area is 111 Å². The Morgan fingerprint density at radius 2 is 2.26 bits per heavy atom. The van der Waals surface area contributed by atoms with Gasteiger partial charge < -0.3 is 14.4 Å². The Balaban J connectivity index is 1.61. The predicted octanol–water partition coefficient (Wildman–Crippen LogP) is 2.06. The minimum Gasteiger partial charge on any atom is -0.508 e. The Bertz CT molecular complexity index is 547. The number of benzene rings is 1. The molecule has 1 N–H and O–H groups in total. The first-order chi connectivity index (χ1) is 9.31. The molecule has 0 radical (unpaired) electrons. The lowest BCUT2D eigenvalue weighted by atomic mass is 10.1. The van der Waals surface area contributed by atoms with Crippen LogP contribution in [0.3, 0.4) is 0 Å². The van der Waals surface area contributed by atoms with E-state index in [2.05, 4.69) is 10.1 Å². The molecule has 100 valence electrons. The molecule has 1 atom stereocenters. The molecule has 2 aromatic rings. The molecule has 0 aliphatic carbocycles. The summed E-state index contributed by atoms with van der Waals surface area (Å²) in [6.07, 6.45) is 2.42. The second kappa shape index (κ2) is 5.40. The number of ether oxygens (including phenoxy) is 1. The van der Waals surface area contributed by atoms with Crippen LogP contribution in [0.1, 0.15) is 29.6 Å². The van der Waals surface area contributed by atoms with Crippen LogP contribution in [0.2, 0.25) is 0 Å². The summed E-state index contributed by atoms with van der Waals surface area (Å²) in [4.78, 5) is 4.41. The number of rotatable bonds is 4. The predicted molar refractivity (Wildman–Crippen MR) is 68.0 cm³/mol. The van der Waals surface area contributed by atoms with Crippen molar-refractivity contribution in [3.63, 3.8) is 0 Å². The van der Waals surface area contributed by atoms with E-state index in [-0.39, 0.29) is 11.7 Å². The highest BCUT2D eigenvalue weighted by Crippen LogP contribution is 2.22. The van der Waals surface area contributed by atoms with E-state index in [1.54, 1.807) is 12.1 Å². The SMILES string of the molecule is Oc1cccc(CCc2nc([C@@H]3CCOC3)no2)c1. The van der Waals surface area contributed by atoms with Crippen LogP contribution in [0.15, 0.2) is 28.8 Å². The van der Waals surface area contributed by atoms with Crippen molar-refractivity contribution in [2.45, 2.75) is 25.2 Å². The van der Waals surface area contributed by atoms with Gasteiger partial charge in [-0.15, -0.1) is 0 Å². The van der Waals surface area contributed by atoms with Crippen LogP contribution in [-0.2, 0) is 17.6 Å². The first kappa shape index (κ1) is 12.2. The van der Waals surface area contributed by atoms with Crippen molar-refractivity contribution < 1.29 is 14.4 Å². The molecule has 1 saturated heterocycles. The summed E-state index contributed by atoms with van der Waals surface area (Å²) in [7, 11) is 0. The van der Waals surface area contributed by atoms with E-state index in [4.69, 9.17) is 9.26 Å². The van der Waals surface area contributed by atoms with E-state index in [9.17, 15) is 5.11 Å². The molecule has 1 fully saturated rings. The van der Waals surface area contributed by atoms with Gasteiger partial charge >= 0.3 is 0 Å². The average Bonchev–Trinajstić information content (AvgIpc) is 3.07. The maximum atomic E-state index is 9.39. The molecule has 0 amide bonds. The van der Waals surface area contributed by atoms with Crippen molar-refractivity contribution >= 4 is 0 Å². The largest absolute Gasteiger partial charge is 0.508 e. The molecule has 1 aliphatic rings. The van der Waals surface area contributed by atoms with Gasteiger partial charge in [-0.2, -0.15) is 4.98 Å². The molecule has 3 rings (SSSR count). The number of aromatic hydroxyl groups is 1. The number of hydrogen-bond acceptors (Lipinski definition) is 5. The highest BCUT2D eigenvalue weighted by molar-refractivity contribution is 5.27. The van der Waals surface area contributed by atoms with Gasteiger partial charge in [0.15, 0.2) is 5.82 Å². The standard InChI is InChI=1S/C14H16N2O3/c17-12-3-1-2-10(8-12)4-5-13-15-14(16-19-13)11-6-7-18-9-11/h1-3,8,11,17H,4-7,9H2/t11-/m1/s1. The van der Waals surface area contributed by atoms with Crippen LogP contribution in [-0.4, -0.2) is 28.5 Å². The van der Waals surface area contributed by atoms with E-state index in [1.165, 1.54) is 0 Å². The number of phenols is 1. The molecule has 1 aromatic heterocycles. The van der Waals surface area contributed by atoms with E-state index < -0.39 is 0 Å². The van der Waals surface area contributed by atoms with Crippen molar-refractivity contribution in [1.82, 2.24) is 10.1 Å². The lowest BCUT2D eigenvalue weighted by Gasteiger charge is -1.99. The fourth-order valence-corrected chi connectivity index (χ4v) is 2.24. The summed E-state index contributed by atoms with van der Waals surface area (Å²) in [5.74, 6) is 1.96. The highest BCUT2D eigenvalue weighted by atomic mass is 16.5. The van der Waals surface area contributed by atoms with Crippen LogP contribution in [0.4, 0.5) is 0 Å². The molecule has 19 heavy (non-hydrogen) atoms. The summed E-state index contributed by atoms with van der Waals surface area (Å²) in [5.41, 5.74) is 1.06. The van der Waals surface area contributed by atoms with Gasteiger partial charge in [0.25, 0.3) is 0 Å². The number of hydrogen-bond donors (Lipinski definition) is 1. The van der Waals surface area contributed by atoms with Gasteiger partial charge in [-0.3, -0.25) is 0 Å². The summed E-state index contributed by atoms with van der Waals surface area (Å²) < 4.78 is 10.6. The number of aryl methyl sites for hydroxylation is 2. The number of nitrogens with zero attached hydrogens (tertiary/aromatic N) is 2. The minimum absolute atomic E-state index is 0.276. The van der Waals surface area contributed by atoms with Crippen LogP contribution in [0.25, 0.3) is 0 Å². The maximum Gasteiger partial charge on any atom is 0.226 e. The normalized spacial score (nSPS) is 18.8. The van der Waals surface area contributed by atoms with Crippen LogP contribution >= 0.6 is 0 Å². The van der Waals surface area contributed by atoms with Crippen molar-refractivity contribution in [3.05, 3.63) is 41.5 Å². The molecule has 2 heterocycles. The summed E-state index contributed by atoms with van der Waals surface area (Å²) >= 11 is 0. The van der Waals surface area contributed by atoms with Crippen molar-refractivity contribution in [1.29, 1.82) is 0 Å². The molecule has 1 aromatic carbocycles. The molecule has 0 saturated carbocycles. The zero-order valence-electron chi connectivity index (χ0n) is 10.6. The van der Waals surface area contributed by atoms with Crippen molar-refractivity contribution in [2.75, 3.05) is 13.2 Å². The lowest BCUT2D eigenvalue weighted by molar-refractivity contribution is 0.192. The van der Waals surface area contributed by atoms with Crippen LogP contribution in [0.5, 0.6) is 5.75 Å². The fraction of sp³-hybridized carbons (Fsp3) is 0.429. The summed E-state index contributed by atoms with van der Waals surface area (Å²) in [6, 6.07) is 7.22. The Morgan fingerprint density at radius 1 is 1.32 bits per heavy atom. The maximum absolute atomic E-state index is 9.39.